The number of amides is 1. The lowest BCUT2D eigenvalue weighted by Crippen LogP contribution is -2.49. The summed E-state index contributed by atoms with van der Waals surface area (Å²) in [6.07, 6.45) is 0.309. The average molecular weight is 376 g/mol. The van der Waals surface area contributed by atoms with E-state index in [0.29, 0.717) is 43.9 Å². The zero-order chi connectivity index (χ0) is 19.6. The van der Waals surface area contributed by atoms with Crippen LogP contribution < -0.4 is 4.90 Å². The first-order valence-electron chi connectivity index (χ1n) is 8.72. The Balaban J connectivity index is 1.67. The van der Waals surface area contributed by atoms with Gasteiger partial charge in [-0.1, -0.05) is 6.92 Å². The second-order valence-corrected chi connectivity index (χ2v) is 6.35. The van der Waals surface area contributed by atoms with Crippen LogP contribution >= 0.6 is 0 Å². The zero-order valence-electron chi connectivity index (χ0n) is 14.8. The highest BCUT2D eigenvalue weighted by molar-refractivity contribution is 5.96. The van der Waals surface area contributed by atoms with Crippen LogP contribution in [0.1, 0.15) is 34.1 Å². The fraction of sp³-hybridized carbons (Fsp3) is 0.300. The molecule has 1 heterocycles. The van der Waals surface area contributed by atoms with Crippen molar-refractivity contribution in [2.75, 3.05) is 31.1 Å². The molecule has 0 aromatic heterocycles. The molecule has 0 radical (unpaired) electrons. The van der Waals surface area contributed by atoms with Gasteiger partial charge in [-0.15, -0.1) is 0 Å². The first-order valence-corrected chi connectivity index (χ1v) is 8.72. The largest absolute Gasteiger partial charge is 0.366 e. The summed E-state index contributed by atoms with van der Waals surface area (Å²) >= 11 is 0. The Morgan fingerprint density at radius 3 is 2.07 bits per heavy atom. The molecule has 0 unspecified atom stereocenters. The van der Waals surface area contributed by atoms with E-state index in [1.54, 1.807) is 24.0 Å². The number of Topliss-reactive ketones (excluding diaryl/α,β-unsaturated/α-hetero) is 1. The molecular formula is C20H19F3N2O2. The van der Waals surface area contributed by atoms with E-state index in [1.807, 2.05) is 0 Å². The fourth-order valence-corrected chi connectivity index (χ4v) is 3.10. The van der Waals surface area contributed by atoms with Gasteiger partial charge in [-0.3, -0.25) is 9.59 Å². The number of hydrogen-bond donors (Lipinski definition) is 0. The second kappa shape index (κ2) is 7.82. The molecule has 7 heteroatoms. The summed E-state index contributed by atoms with van der Waals surface area (Å²) in [5.41, 5.74) is 0.796. The normalized spacial score (nSPS) is 14.4. The number of halogens is 3. The maximum Gasteiger partial charge on any atom is 0.254 e. The minimum Gasteiger partial charge on any atom is -0.366 e. The lowest BCUT2D eigenvalue weighted by molar-refractivity contribution is 0.0745. The van der Waals surface area contributed by atoms with E-state index < -0.39 is 23.4 Å². The van der Waals surface area contributed by atoms with Crippen LogP contribution in [0, 0.1) is 17.5 Å². The summed E-state index contributed by atoms with van der Waals surface area (Å²) in [6, 6.07) is 7.46. The number of carbonyl (C=O) groups excluding carboxylic acids is 2. The Kier molecular flexibility index (Phi) is 5.48. The SMILES string of the molecule is CCC(=O)c1ccc(N2CCN(C(=O)c3ccc(F)c(F)c3)CC2)c(F)c1. The van der Waals surface area contributed by atoms with Crippen molar-refractivity contribution >= 4 is 17.4 Å². The highest BCUT2D eigenvalue weighted by atomic mass is 19.2. The lowest BCUT2D eigenvalue weighted by Gasteiger charge is -2.36. The van der Waals surface area contributed by atoms with Crippen molar-refractivity contribution in [2.45, 2.75) is 13.3 Å². The molecule has 1 aliphatic heterocycles. The van der Waals surface area contributed by atoms with Gasteiger partial charge >= 0.3 is 0 Å². The molecule has 0 aliphatic carbocycles. The van der Waals surface area contributed by atoms with Crippen molar-refractivity contribution in [3.05, 3.63) is 65.0 Å². The maximum absolute atomic E-state index is 14.4. The molecule has 142 valence electrons. The standard InChI is InChI=1S/C20H19F3N2O2/c1-2-19(26)13-4-6-18(17(23)11-13)24-7-9-25(10-8-24)20(27)14-3-5-15(21)16(22)12-14/h3-6,11-12H,2,7-10H2,1H3. The number of anilines is 1. The Morgan fingerprint density at radius 1 is 0.852 bits per heavy atom. The monoisotopic (exact) mass is 376 g/mol. The third-order valence-electron chi connectivity index (χ3n) is 4.66. The molecule has 2 aromatic rings. The molecule has 1 amide bonds. The van der Waals surface area contributed by atoms with Crippen LogP contribution in [0.3, 0.4) is 0 Å². The summed E-state index contributed by atoms with van der Waals surface area (Å²) in [5, 5.41) is 0. The van der Waals surface area contributed by atoms with Gasteiger partial charge in [0.15, 0.2) is 17.4 Å². The quantitative estimate of drug-likeness (QED) is 0.765. The van der Waals surface area contributed by atoms with Crippen LogP contribution in [-0.4, -0.2) is 42.8 Å². The molecule has 0 spiro atoms. The predicted molar refractivity (Wildman–Crippen MR) is 95.5 cm³/mol. The minimum absolute atomic E-state index is 0.0796. The number of benzene rings is 2. The fourth-order valence-electron chi connectivity index (χ4n) is 3.10. The smallest absolute Gasteiger partial charge is 0.254 e. The van der Waals surface area contributed by atoms with E-state index in [9.17, 15) is 22.8 Å². The summed E-state index contributed by atoms with van der Waals surface area (Å²) in [7, 11) is 0. The Hall–Kier alpha value is -2.83. The molecule has 0 N–H and O–H groups in total. The van der Waals surface area contributed by atoms with Crippen molar-refractivity contribution in [2.24, 2.45) is 0 Å². The minimum atomic E-state index is -1.07. The molecule has 0 atom stereocenters. The number of nitrogens with zero attached hydrogens (tertiary/aromatic N) is 2. The van der Waals surface area contributed by atoms with Crippen molar-refractivity contribution < 1.29 is 22.8 Å². The van der Waals surface area contributed by atoms with Crippen LogP contribution in [0.4, 0.5) is 18.9 Å². The Morgan fingerprint density at radius 2 is 1.48 bits per heavy atom. The summed E-state index contributed by atoms with van der Waals surface area (Å²) in [4.78, 5) is 27.4. The maximum atomic E-state index is 14.4. The summed E-state index contributed by atoms with van der Waals surface area (Å²) in [6.45, 7) is 3.16. The first kappa shape index (κ1) is 18.9. The summed E-state index contributed by atoms with van der Waals surface area (Å²) < 4.78 is 40.7. The van der Waals surface area contributed by atoms with Gasteiger partial charge in [0.1, 0.15) is 5.82 Å². The number of hydrogen-bond acceptors (Lipinski definition) is 3. The van der Waals surface area contributed by atoms with Gasteiger partial charge in [0, 0.05) is 43.7 Å². The zero-order valence-corrected chi connectivity index (χ0v) is 14.8. The molecule has 4 nitrogen and oxygen atoms in total. The molecule has 3 rings (SSSR count). The molecule has 27 heavy (non-hydrogen) atoms. The van der Waals surface area contributed by atoms with Crippen molar-refractivity contribution in [3.63, 3.8) is 0 Å². The van der Waals surface area contributed by atoms with Crippen LogP contribution in [0.25, 0.3) is 0 Å². The third-order valence-corrected chi connectivity index (χ3v) is 4.66. The lowest BCUT2D eigenvalue weighted by atomic mass is 10.1. The molecular weight excluding hydrogens is 357 g/mol. The molecule has 1 fully saturated rings. The number of carbonyl (C=O) groups is 2. The van der Waals surface area contributed by atoms with Gasteiger partial charge in [0.05, 0.1) is 5.69 Å². The van der Waals surface area contributed by atoms with Crippen molar-refractivity contribution in [1.82, 2.24) is 4.90 Å². The molecule has 0 bridgehead atoms. The third kappa shape index (κ3) is 3.97. The van der Waals surface area contributed by atoms with E-state index in [4.69, 9.17) is 0 Å². The van der Waals surface area contributed by atoms with E-state index in [1.165, 1.54) is 17.0 Å². The molecule has 0 saturated carbocycles. The average Bonchev–Trinajstić information content (AvgIpc) is 2.69. The summed E-state index contributed by atoms with van der Waals surface area (Å²) in [5.74, 6) is -3.06. The second-order valence-electron chi connectivity index (χ2n) is 6.35. The van der Waals surface area contributed by atoms with Crippen LogP contribution in [0.2, 0.25) is 0 Å². The highest BCUT2D eigenvalue weighted by Gasteiger charge is 2.24. The number of piperazine rings is 1. The van der Waals surface area contributed by atoms with Crippen molar-refractivity contribution in [3.8, 4) is 0 Å². The van der Waals surface area contributed by atoms with Gasteiger partial charge < -0.3 is 9.80 Å². The molecule has 2 aromatic carbocycles. The molecule has 1 saturated heterocycles. The predicted octanol–water partition coefficient (Wildman–Crippen LogP) is 3.66. The van der Waals surface area contributed by atoms with E-state index in [0.717, 1.165) is 12.1 Å². The van der Waals surface area contributed by atoms with Gasteiger partial charge in [0.25, 0.3) is 5.91 Å². The van der Waals surface area contributed by atoms with Crippen LogP contribution in [0.15, 0.2) is 36.4 Å². The van der Waals surface area contributed by atoms with E-state index >= 15 is 0 Å². The van der Waals surface area contributed by atoms with Gasteiger partial charge in [0.2, 0.25) is 0 Å². The van der Waals surface area contributed by atoms with Crippen LogP contribution in [-0.2, 0) is 0 Å². The van der Waals surface area contributed by atoms with Gasteiger partial charge in [-0.05, 0) is 36.4 Å². The number of rotatable bonds is 4. The van der Waals surface area contributed by atoms with Crippen LogP contribution in [0.5, 0.6) is 0 Å². The topological polar surface area (TPSA) is 40.6 Å². The Labute approximate surface area is 155 Å². The first-order chi connectivity index (χ1) is 12.9. The van der Waals surface area contributed by atoms with E-state index in [-0.39, 0.29) is 11.3 Å². The Bertz CT molecular complexity index is 878. The molecule has 1 aliphatic rings. The highest BCUT2D eigenvalue weighted by Crippen LogP contribution is 2.23. The van der Waals surface area contributed by atoms with Gasteiger partial charge in [-0.25, -0.2) is 13.2 Å². The van der Waals surface area contributed by atoms with E-state index in [2.05, 4.69) is 0 Å². The number of ketones is 1. The van der Waals surface area contributed by atoms with Crippen molar-refractivity contribution in [1.29, 1.82) is 0 Å². The van der Waals surface area contributed by atoms with Gasteiger partial charge in [-0.2, -0.15) is 0 Å².